The van der Waals surface area contributed by atoms with Gasteiger partial charge in [-0.25, -0.2) is 0 Å². The second-order valence-corrected chi connectivity index (χ2v) is 5.75. The van der Waals surface area contributed by atoms with Crippen LogP contribution in [0, 0.1) is 0 Å². The van der Waals surface area contributed by atoms with Gasteiger partial charge >= 0.3 is 56.9 Å². The van der Waals surface area contributed by atoms with Gasteiger partial charge < -0.3 is 0 Å². The molecule has 0 aromatic rings. The summed E-state index contributed by atoms with van der Waals surface area (Å²) in [5, 5.41) is 0. The third kappa shape index (κ3) is 2.25. The Morgan fingerprint density at radius 1 is 1.70 bits per heavy atom. The zero-order valence-corrected chi connectivity index (χ0v) is 7.08. The molecule has 1 rings (SSSR count). The first kappa shape index (κ1) is 8.56. The van der Waals surface area contributed by atoms with Crippen LogP contribution in [0.15, 0.2) is 0 Å². The molecule has 1 aliphatic rings. The van der Waals surface area contributed by atoms with Crippen molar-refractivity contribution in [3.05, 3.63) is 0 Å². The molecule has 0 aromatic carbocycles. The van der Waals surface area contributed by atoms with Gasteiger partial charge in [0, 0.05) is 0 Å². The van der Waals surface area contributed by atoms with E-state index in [2.05, 4.69) is 13.7 Å². The summed E-state index contributed by atoms with van der Waals surface area (Å²) >= 11 is 0. The van der Waals surface area contributed by atoms with E-state index in [0.717, 1.165) is 0 Å². The van der Waals surface area contributed by atoms with Crippen LogP contribution in [0.25, 0.3) is 0 Å². The maximum absolute atomic E-state index is 10.7. The number of rotatable bonds is 3. The standard InChI is InChI=1S/C2H8O6P2/c1-2-9(3,4)8-10(5)6-7-10/h5,10H,2H2,1H3,(H,3,4). The van der Waals surface area contributed by atoms with E-state index in [1.54, 1.807) is 0 Å². The van der Waals surface area contributed by atoms with Crippen molar-refractivity contribution in [2.75, 3.05) is 6.16 Å². The van der Waals surface area contributed by atoms with Crippen LogP contribution in [-0.2, 0) is 18.2 Å². The van der Waals surface area contributed by atoms with Gasteiger partial charge in [-0.3, -0.25) is 0 Å². The van der Waals surface area contributed by atoms with Gasteiger partial charge in [-0.15, -0.1) is 0 Å². The molecule has 1 aliphatic heterocycles. The molecule has 62 valence electrons. The molecule has 0 aliphatic carbocycles. The Morgan fingerprint density at radius 3 is 2.50 bits per heavy atom. The third-order valence-electron chi connectivity index (χ3n) is 0.884. The van der Waals surface area contributed by atoms with E-state index in [9.17, 15) is 4.57 Å². The van der Waals surface area contributed by atoms with Crippen LogP contribution < -0.4 is 0 Å². The van der Waals surface area contributed by atoms with Gasteiger partial charge in [0.25, 0.3) is 0 Å². The van der Waals surface area contributed by atoms with Crippen molar-refractivity contribution in [3.8, 4) is 0 Å². The Kier molecular flexibility index (Phi) is 2.14. The molecule has 1 saturated heterocycles. The summed E-state index contributed by atoms with van der Waals surface area (Å²) in [5.74, 6) is 0. The van der Waals surface area contributed by atoms with Gasteiger partial charge in [0.1, 0.15) is 0 Å². The summed E-state index contributed by atoms with van der Waals surface area (Å²) in [6.45, 7) is 1.46. The molecule has 0 bridgehead atoms. The fourth-order valence-corrected chi connectivity index (χ4v) is 2.80. The van der Waals surface area contributed by atoms with E-state index in [1.165, 1.54) is 6.92 Å². The zero-order chi connectivity index (χ0) is 7.83. The van der Waals surface area contributed by atoms with Crippen molar-refractivity contribution in [2.24, 2.45) is 0 Å². The van der Waals surface area contributed by atoms with Crippen molar-refractivity contribution >= 4 is 15.8 Å². The van der Waals surface area contributed by atoms with Crippen molar-refractivity contribution < 1.29 is 28.0 Å². The molecule has 0 saturated carbocycles. The van der Waals surface area contributed by atoms with Crippen LogP contribution in [-0.4, -0.2) is 15.9 Å². The van der Waals surface area contributed by atoms with E-state index in [1.807, 2.05) is 0 Å². The second-order valence-electron chi connectivity index (χ2n) is 1.74. The summed E-state index contributed by atoms with van der Waals surface area (Å²) in [7, 11) is -7.25. The summed E-state index contributed by atoms with van der Waals surface area (Å²) < 4.78 is 22.9. The molecule has 0 aromatic heterocycles. The van der Waals surface area contributed by atoms with Gasteiger partial charge in [0.05, 0.1) is 0 Å². The van der Waals surface area contributed by atoms with E-state index in [0.29, 0.717) is 0 Å². The first-order valence-corrected chi connectivity index (χ1v) is 6.03. The Labute approximate surface area is 57.9 Å². The van der Waals surface area contributed by atoms with E-state index < -0.39 is 15.8 Å². The van der Waals surface area contributed by atoms with Crippen molar-refractivity contribution in [1.82, 2.24) is 0 Å². The van der Waals surface area contributed by atoms with Crippen molar-refractivity contribution in [2.45, 2.75) is 6.92 Å². The molecule has 10 heavy (non-hydrogen) atoms. The molecular formula is C2H8O6P2. The quantitative estimate of drug-likeness (QED) is 0.384. The summed E-state index contributed by atoms with van der Waals surface area (Å²) in [6, 6.07) is 0. The molecule has 1 heterocycles. The van der Waals surface area contributed by atoms with Crippen molar-refractivity contribution in [3.63, 3.8) is 0 Å². The molecule has 1 unspecified atom stereocenters. The van der Waals surface area contributed by atoms with Crippen LogP contribution in [0.5, 0.6) is 0 Å². The van der Waals surface area contributed by atoms with Crippen LogP contribution in [0.2, 0.25) is 0 Å². The van der Waals surface area contributed by atoms with Gasteiger partial charge in [0.15, 0.2) is 0 Å². The molecule has 0 amide bonds. The van der Waals surface area contributed by atoms with Crippen LogP contribution in [0.4, 0.5) is 0 Å². The average molecular weight is 190 g/mol. The first-order valence-electron chi connectivity index (χ1n) is 2.59. The molecule has 2 N–H and O–H groups in total. The minimum absolute atomic E-state index is 0.0744. The monoisotopic (exact) mass is 190 g/mol. The minimum atomic E-state index is -3.67. The topological polar surface area (TPSA) is 91.8 Å². The first-order chi connectivity index (χ1) is 4.47. The average Bonchev–Trinajstić information content (AvgIpc) is 2.47. The zero-order valence-electron chi connectivity index (χ0n) is 5.18. The number of hydrogen-bond donors (Lipinski definition) is 2. The fraction of sp³-hybridized carbons (Fsp3) is 1.00. The molecule has 8 heteroatoms. The fourth-order valence-electron chi connectivity index (χ4n) is 0.311. The van der Waals surface area contributed by atoms with Gasteiger partial charge in [0.2, 0.25) is 0 Å². The Hall–Kier alpha value is 0.460. The predicted octanol–water partition coefficient (Wildman–Crippen LogP) is 0.572. The van der Waals surface area contributed by atoms with Gasteiger partial charge in [-0.2, -0.15) is 0 Å². The van der Waals surface area contributed by atoms with Gasteiger partial charge in [-0.1, -0.05) is 0 Å². The van der Waals surface area contributed by atoms with Gasteiger partial charge in [-0.05, 0) is 0 Å². The predicted molar refractivity (Wildman–Crippen MR) is 34.2 cm³/mol. The van der Waals surface area contributed by atoms with Crippen LogP contribution in [0.3, 0.4) is 0 Å². The maximum atomic E-state index is 10.7. The molecule has 0 radical (unpaired) electrons. The van der Waals surface area contributed by atoms with Crippen LogP contribution in [0.1, 0.15) is 6.92 Å². The van der Waals surface area contributed by atoms with Crippen molar-refractivity contribution in [1.29, 1.82) is 0 Å². The Balaban J connectivity index is 2.44. The van der Waals surface area contributed by atoms with E-state index >= 15 is 0 Å². The normalized spacial score (nSPS) is 30.7. The molecule has 1 fully saturated rings. The van der Waals surface area contributed by atoms with Crippen LogP contribution >= 0.6 is 15.8 Å². The summed E-state index contributed by atoms with van der Waals surface area (Å²) in [6.07, 6.45) is -0.0744. The molecular weight excluding hydrogens is 182 g/mol. The Morgan fingerprint density at radius 2 is 2.20 bits per heavy atom. The SMILES string of the molecule is CCP(=O)(O)O[PH]1(O)OO1. The molecule has 6 nitrogen and oxygen atoms in total. The molecule has 1 atom stereocenters. The third-order valence-corrected chi connectivity index (χ3v) is 4.20. The van der Waals surface area contributed by atoms with E-state index in [-0.39, 0.29) is 6.16 Å². The summed E-state index contributed by atoms with van der Waals surface area (Å²) in [5.41, 5.74) is 0. The second kappa shape index (κ2) is 2.50. The number of hydrogen-bond acceptors (Lipinski definition) is 5. The Bertz CT molecular complexity index is 175. The summed E-state index contributed by atoms with van der Waals surface area (Å²) in [4.78, 5) is 17.5. The van der Waals surface area contributed by atoms with E-state index in [4.69, 9.17) is 9.79 Å². The molecule has 0 spiro atoms.